The highest BCUT2D eigenvalue weighted by Crippen LogP contribution is 2.45. The minimum Gasteiger partial charge on any atom is -0.466 e. The third-order valence-electron chi connectivity index (χ3n) is 4.94. The lowest BCUT2D eigenvalue weighted by Gasteiger charge is -2.49. The van der Waals surface area contributed by atoms with Gasteiger partial charge in [-0.1, -0.05) is 0 Å². The van der Waals surface area contributed by atoms with Crippen LogP contribution in [0.15, 0.2) is 10.5 Å². The molecule has 1 atom stereocenters. The zero-order valence-electron chi connectivity index (χ0n) is 13.1. The molecule has 1 unspecified atom stereocenters. The maximum atomic E-state index is 12.5. The Balaban J connectivity index is 1.80. The van der Waals surface area contributed by atoms with Gasteiger partial charge in [-0.2, -0.15) is 0 Å². The Morgan fingerprint density at radius 2 is 2.14 bits per heavy atom. The molecular formula is C15H21NO5S. The van der Waals surface area contributed by atoms with Gasteiger partial charge in [0.1, 0.15) is 16.3 Å². The third kappa shape index (κ3) is 2.10. The van der Waals surface area contributed by atoms with E-state index in [1.54, 1.807) is 31.9 Å². The third-order valence-corrected chi connectivity index (χ3v) is 7.55. The van der Waals surface area contributed by atoms with Gasteiger partial charge in [0.25, 0.3) is 5.91 Å². The van der Waals surface area contributed by atoms with Crippen LogP contribution >= 0.6 is 0 Å². The van der Waals surface area contributed by atoms with Crippen LogP contribution < -0.4 is 0 Å². The Kier molecular flexibility index (Phi) is 3.60. The number of methoxy groups -OCH3 is 1. The lowest BCUT2D eigenvalue weighted by molar-refractivity contribution is 0.0335. The molecule has 3 heterocycles. The van der Waals surface area contributed by atoms with Crippen LogP contribution in [0.5, 0.6) is 0 Å². The van der Waals surface area contributed by atoms with E-state index in [0.29, 0.717) is 30.1 Å². The molecule has 0 bridgehead atoms. The molecule has 22 heavy (non-hydrogen) atoms. The molecule has 2 aliphatic heterocycles. The number of carbonyl (C=O) groups excluding carboxylic acids is 1. The molecule has 0 N–H and O–H groups in total. The number of sulfone groups is 1. The summed E-state index contributed by atoms with van der Waals surface area (Å²) in [6.07, 6.45) is 0.613. The fraction of sp³-hybridized carbons (Fsp3) is 0.667. The van der Waals surface area contributed by atoms with Crippen LogP contribution in [0.3, 0.4) is 0 Å². The van der Waals surface area contributed by atoms with Crippen molar-refractivity contribution in [2.75, 3.05) is 32.6 Å². The molecular weight excluding hydrogens is 306 g/mol. The van der Waals surface area contributed by atoms with E-state index in [-0.39, 0.29) is 30.7 Å². The molecule has 2 saturated heterocycles. The standard InChI is InChI=1S/C15H21NO5S/c1-10-6-13(11(2)21-10)14(17)16-8-15(9-16)12(7-20-3)4-5-22(15,18)19/h6,12H,4-5,7-9H2,1-3H3. The summed E-state index contributed by atoms with van der Waals surface area (Å²) >= 11 is 0. The minimum absolute atomic E-state index is 0.0290. The van der Waals surface area contributed by atoms with E-state index in [2.05, 4.69) is 0 Å². The predicted octanol–water partition coefficient (Wildman–Crippen LogP) is 1.17. The Bertz CT molecular complexity index is 700. The van der Waals surface area contributed by atoms with Gasteiger partial charge in [0.15, 0.2) is 9.84 Å². The molecule has 0 radical (unpaired) electrons. The van der Waals surface area contributed by atoms with Gasteiger partial charge in [0.2, 0.25) is 0 Å². The summed E-state index contributed by atoms with van der Waals surface area (Å²) in [7, 11) is -1.59. The number of hydrogen-bond donors (Lipinski definition) is 0. The Labute approximate surface area is 130 Å². The molecule has 1 aromatic rings. The lowest BCUT2D eigenvalue weighted by atomic mass is 9.83. The molecule has 3 rings (SSSR count). The van der Waals surface area contributed by atoms with Crippen molar-refractivity contribution in [2.45, 2.75) is 25.0 Å². The van der Waals surface area contributed by atoms with Gasteiger partial charge in [0, 0.05) is 26.1 Å². The second kappa shape index (κ2) is 5.09. The molecule has 6 nitrogen and oxygen atoms in total. The van der Waals surface area contributed by atoms with Gasteiger partial charge < -0.3 is 14.1 Å². The Morgan fingerprint density at radius 3 is 2.68 bits per heavy atom. The first-order valence-electron chi connectivity index (χ1n) is 7.38. The van der Waals surface area contributed by atoms with E-state index in [0.717, 1.165) is 0 Å². The number of hydrogen-bond acceptors (Lipinski definition) is 5. The number of nitrogens with zero attached hydrogens (tertiary/aromatic N) is 1. The van der Waals surface area contributed by atoms with E-state index in [9.17, 15) is 13.2 Å². The highest BCUT2D eigenvalue weighted by molar-refractivity contribution is 7.93. The maximum Gasteiger partial charge on any atom is 0.257 e. The summed E-state index contributed by atoms with van der Waals surface area (Å²) in [5.74, 6) is 1.26. The van der Waals surface area contributed by atoms with Crippen LogP contribution in [-0.2, 0) is 14.6 Å². The van der Waals surface area contributed by atoms with Gasteiger partial charge in [-0.15, -0.1) is 0 Å². The summed E-state index contributed by atoms with van der Waals surface area (Å²) in [4.78, 5) is 14.1. The number of likely N-dealkylation sites (tertiary alicyclic amines) is 1. The van der Waals surface area contributed by atoms with E-state index in [1.807, 2.05) is 0 Å². The number of furan rings is 1. The van der Waals surface area contributed by atoms with Gasteiger partial charge in [-0.05, 0) is 26.3 Å². The monoisotopic (exact) mass is 327 g/mol. The molecule has 1 aromatic heterocycles. The van der Waals surface area contributed by atoms with Crippen LogP contribution in [-0.4, -0.2) is 56.5 Å². The van der Waals surface area contributed by atoms with Crippen molar-refractivity contribution in [3.8, 4) is 0 Å². The van der Waals surface area contributed by atoms with Gasteiger partial charge >= 0.3 is 0 Å². The van der Waals surface area contributed by atoms with Gasteiger partial charge in [-0.25, -0.2) is 8.42 Å². The predicted molar refractivity (Wildman–Crippen MR) is 80.6 cm³/mol. The number of ether oxygens (including phenoxy) is 1. The average molecular weight is 327 g/mol. The molecule has 2 aliphatic rings. The highest BCUT2D eigenvalue weighted by Gasteiger charge is 2.62. The van der Waals surface area contributed by atoms with Crippen molar-refractivity contribution in [1.82, 2.24) is 4.90 Å². The van der Waals surface area contributed by atoms with Crippen molar-refractivity contribution in [1.29, 1.82) is 0 Å². The van der Waals surface area contributed by atoms with Crippen molar-refractivity contribution >= 4 is 15.7 Å². The summed E-state index contributed by atoms with van der Waals surface area (Å²) in [5.41, 5.74) is 0.519. The second-order valence-electron chi connectivity index (χ2n) is 6.31. The van der Waals surface area contributed by atoms with E-state index >= 15 is 0 Å². The van der Waals surface area contributed by atoms with Crippen molar-refractivity contribution in [3.63, 3.8) is 0 Å². The number of carbonyl (C=O) groups is 1. The van der Waals surface area contributed by atoms with Gasteiger partial charge in [0.05, 0.1) is 17.9 Å². The molecule has 0 saturated carbocycles. The lowest BCUT2D eigenvalue weighted by Crippen LogP contribution is -2.68. The Morgan fingerprint density at radius 1 is 1.45 bits per heavy atom. The quantitative estimate of drug-likeness (QED) is 0.833. The van der Waals surface area contributed by atoms with Crippen LogP contribution in [0, 0.1) is 19.8 Å². The van der Waals surface area contributed by atoms with Crippen molar-refractivity contribution in [2.24, 2.45) is 5.92 Å². The first-order chi connectivity index (χ1) is 10.3. The second-order valence-corrected chi connectivity index (χ2v) is 8.76. The van der Waals surface area contributed by atoms with Crippen molar-refractivity contribution in [3.05, 3.63) is 23.2 Å². The highest BCUT2D eigenvalue weighted by atomic mass is 32.2. The molecule has 7 heteroatoms. The zero-order valence-corrected chi connectivity index (χ0v) is 13.9. The normalized spacial score (nSPS) is 25.4. The number of rotatable bonds is 3. The van der Waals surface area contributed by atoms with Crippen LogP contribution in [0.2, 0.25) is 0 Å². The van der Waals surface area contributed by atoms with Gasteiger partial charge in [-0.3, -0.25) is 4.79 Å². The molecule has 0 aliphatic carbocycles. The fourth-order valence-electron chi connectivity index (χ4n) is 3.67. The van der Waals surface area contributed by atoms with E-state index < -0.39 is 14.6 Å². The SMILES string of the molecule is COCC1CCS(=O)(=O)C12CN(C(=O)c1cc(C)oc1C)C2. The topological polar surface area (TPSA) is 76.8 Å². The summed E-state index contributed by atoms with van der Waals surface area (Å²) in [6, 6.07) is 1.71. The fourth-order valence-corrected chi connectivity index (χ4v) is 6.07. The summed E-state index contributed by atoms with van der Waals surface area (Å²) in [6.45, 7) is 4.47. The van der Waals surface area contributed by atoms with Crippen molar-refractivity contribution < 1.29 is 22.4 Å². The van der Waals surface area contributed by atoms with Crippen LogP contribution in [0.1, 0.15) is 28.3 Å². The van der Waals surface area contributed by atoms with Crippen LogP contribution in [0.25, 0.3) is 0 Å². The number of aryl methyl sites for hydroxylation is 2. The zero-order chi connectivity index (χ0) is 16.1. The Hall–Kier alpha value is -1.34. The summed E-state index contributed by atoms with van der Waals surface area (Å²) in [5, 5.41) is 0. The molecule has 2 fully saturated rings. The smallest absolute Gasteiger partial charge is 0.257 e. The molecule has 1 amide bonds. The van der Waals surface area contributed by atoms with E-state index in [4.69, 9.17) is 9.15 Å². The summed E-state index contributed by atoms with van der Waals surface area (Å²) < 4.78 is 34.6. The average Bonchev–Trinajstić information content (AvgIpc) is 2.85. The molecule has 1 spiro atoms. The van der Waals surface area contributed by atoms with E-state index in [1.165, 1.54) is 0 Å². The maximum absolute atomic E-state index is 12.5. The first-order valence-corrected chi connectivity index (χ1v) is 9.03. The minimum atomic E-state index is -3.17. The number of amides is 1. The molecule has 122 valence electrons. The van der Waals surface area contributed by atoms with Crippen LogP contribution in [0.4, 0.5) is 0 Å². The molecule has 0 aromatic carbocycles. The largest absolute Gasteiger partial charge is 0.466 e. The first kappa shape index (κ1) is 15.6.